The number of hydrogen-bond acceptors (Lipinski definition) is 1. The zero-order valence-electron chi connectivity index (χ0n) is 19.7. The summed E-state index contributed by atoms with van der Waals surface area (Å²) in [5.41, 5.74) is 7.80. The summed E-state index contributed by atoms with van der Waals surface area (Å²) in [5, 5.41) is 7.34. The van der Waals surface area contributed by atoms with E-state index in [1.54, 1.807) is 0 Å². The fraction of sp³-hybridized carbons (Fsp3) is 0.0606. The molecule has 0 N–H and O–H groups in total. The highest BCUT2D eigenvalue weighted by atomic mass is 16.3. The van der Waals surface area contributed by atoms with Gasteiger partial charge >= 0.3 is 0 Å². The van der Waals surface area contributed by atoms with Crippen LogP contribution in [0.4, 0.5) is 0 Å². The van der Waals surface area contributed by atoms with Gasteiger partial charge in [-0.15, -0.1) is 0 Å². The van der Waals surface area contributed by atoms with E-state index in [1.165, 1.54) is 43.9 Å². The van der Waals surface area contributed by atoms with Gasteiger partial charge in [-0.1, -0.05) is 66.7 Å². The van der Waals surface area contributed by atoms with Crippen molar-refractivity contribution >= 4 is 43.5 Å². The van der Waals surface area contributed by atoms with E-state index in [9.17, 15) is 0 Å². The number of aromatic nitrogens is 1. The summed E-state index contributed by atoms with van der Waals surface area (Å²) in [4.78, 5) is 0. The van der Waals surface area contributed by atoms with E-state index in [0.717, 1.165) is 27.5 Å². The molecule has 2 aromatic heterocycles. The first-order valence-corrected chi connectivity index (χ1v) is 12.0. The predicted molar refractivity (Wildman–Crippen MR) is 146 cm³/mol. The van der Waals surface area contributed by atoms with Crippen LogP contribution in [0.15, 0.2) is 114 Å². The highest BCUT2D eigenvalue weighted by Gasteiger charge is 2.19. The molecular weight excluding hydrogens is 426 g/mol. The number of hydrogen-bond donors (Lipinski definition) is 0. The first-order valence-electron chi connectivity index (χ1n) is 12.0. The Hall–Kier alpha value is -4.43. The van der Waals surface area contributed by atoms with Gasteiger partial charge in [0.25, 0.3) is 0 Å². The van der Waals surface area contributed by atoms with Crippen molar-refractivity contribution in [1.29, 1.82) is 0 Å². The average molecular weight is 451 g/mol. The minimum atomic E-state index is 0.919. The van der Waals surface area contributed by atoms with Crippen LogP contribution < -0.4 is 4.57 Å². The van der Waals surface area contributed by atoms with Crippen LogP contribution in [0, 0.1) is 6.92 Å². The Labute approximate surface area is 203 Å². The Bertz CT molecular complexity index is 1930. The highest BCUT2D eigenvalue weighted by Crippen LogP contribution is 2.41. The Kier molecular flexibility index (Phi) is 4.31. The molecule has 0 aliphatic carbocycles. The number of para-hydroxylation sites is 1. The van der Waals surface area contributed by atoms with E-state index in [4.69, 9.17) is 4.42 Å². The zero-order valence-corrected chi connectivity index (χ0v) is 19.7. The minimum Gasteiger partial charge on any atom is -0.455 e. The molecule has 2 heteroatoms. The molecule has 7 rings (SSSR count). The molecule has 0 fully saturated rings. The average Bonchev–Trinajstić information content (AvgIpc) is 3.26. The molecule has 0 aliphatic heterocycles. The van der Waals surface area contributed by atoms with E-state index in [0.29, 0.717) is 0 Å². The standard InChI is InChI=1S/C33H24NO/c1-21-18-30-27-15-9-14-26(33(27)35-32(30)20-28(21)31-16-7-8-17-34(31)2)29-19-22-10-3-4-11-23(22)24-12-5-6-13-25(24)29/h3-20H,1-2H3/q+1. The van der Waals surface area contributed by atoms with Crippen molar-refractivity contribution in [1.82, 2.24) is 0 Å². The summed E-state index contributed by atoms with van der Waals surface area (Å²) >= 11 is 0. The van der Waals surface area contributed by atoms with Gasteiger partial charge in [-0.05, 0) is 63.9 Å². The second-order valence-electron chi connectivity index (χ2n) is 9.34. The fourth-order valence-electron chi connectivity index (χ4n) is 5.52. The molecule has 35 heavy (non-hydrogen) atoms. The molecule has 0 bridgehead atoms. The summed E-state index contributed by atoms with van der Waals surface area (Å²) in [6.45, 7) is 2.18. The molecule has 0 amide bonds. The normalized spacial score (nSPS) is 11.7. The number of rotatable bonds is 2. The second-order valence-corrected chi connectivity index (χ2v) is 9.34. The quantitative estimate of drug-likeness (QED) is 0.191. The van der Waals surface area contributed by atoms with E-state index in [2.05, 4.69) is 128 Å². The van der Waals surface area contributed by atoms with Gasteiger partial charge in [-0.3, -0.25) is 0 Å². The number of nitrogens with zero attached hydrogens (tertiary/aromatic N) is 1. The first kappa shape index (κ1) is 20.0. The summed E-state index contributed by atoms with van der Waals surface area (Å²) in [5.74, 6) is 0. The van der Waals surface area contributed by atoms with Crippen LogP contribution in [0.25, 0.3) is 65.9 Å². The molecule has 0 aliphatic rings. The van der Waals surface area contributed by atoms with E-state index in [-0.39, 0.29) is 0 Å². The van der Waals surface area contributed by atoms with Crippen LogP contribution in [0.3, 0.4) is 0 Å². The van der Waals surface area contributed by atoms with Crippen molar-refractivity contribution in [3.05, 3.63) is 115 Å². The van der Waals surface area contributed by atoms with Crippen molar-refractivity contribution in [3.8, 4) is 22.4 Å². The Morgan fingerprint density at radius 3 is 2.17 bits per heavy atom. The number of benzene rings is 5. The molecule has 0 spiro atoms. The third kappa shape index (κ3) is 3.00. The van der Waals surface area contributed by atoms with Crippen LogP contribution in [0.2, 0.25) is 0 Å². The largest absolute Gasteiger partial charge is 0.455 e. The smallest absolute Gasteiger partial charge is 0.212 e. The lowest BCUT2D eigenvalue weighted by molar-refractivity contribution is -0.660. The molecule has 7 aromatic rings. The van der Waals surface area contributed by atoms with E-state index >= 15 is 0 Å². The SMILES string of the molecule is Cc1cc2c(cc1-c1cccc[n+]1C)oc1c(-c3cc4ccccc4c4ccccc34)cccc12. The van der Waals surface area contributed by atoms with Crippen molar-refractivity contribution < 1.29 is 8.98 Å². The molecule has 0 radical (unpaired) electrons. The van der Waals surface area contributed by atoms with Crippen LogP contribution in [-0.2, 0) is 7.05 Å². The molecular formula is C33H24NO+. The van der Waals surface area contributed by atoms with Gasteiger partial charge in [0.2, 0.25) is 5.69 Å². The van der Waals surface area contributed by atoms with Gasteiger partial charge in [0.1, 0.15) is 18.2 Å². The van der Waals surface area contributed by atoms with Crippen LogP contribution >= 0.6 is 0 Å². The maximum Gasteiger partial charge on any atom is 0.212 e. The van der Waals surface area contributed by atoms with Crippen LogP contribution in [0.5, 0.6) is 0 Å². The molecule has 2 heterocycles. The van der Waals surface area contributed by atoms with Gasteiger partial charge in [0.05, 0.1) is 5.56 Å². The lowest BCUT2D eigenvalue weighted by Crippen LogP contribution is -2.30. The number of furan rings is 1. The Morgan fingerprint density at radius 2 is 1.31 bits per heavy atom. The molecule has 0 saturated heterocycles. The van der Waals surface area contributed by atoms with Crippen molar-refractivity contribution in [2.75, 3.05) is 0 Å². The summed E-state index contributed by atoms with van der Waals surface area (Å²) in [6.07, 6.45) is 2.08. The maximum atomic E-state index is 6.65. The molecule has 0 atom stereocenters. The van der Waals surface area contributed by atoms with Crippen molar-refractivity contribution in [2.24, 2.45) is 7.05 Å². The van der Waals surface area contributed by atoms with Crippen molar-refractivity contribution in [2.45, 2.75) is 6.92 Å². The highest BCUT2D eigenvalue weighted by molar-refractivity contribution is 6.18. The van der Waals surface area contributed by atoms with Gasteiger partial charge in [-0.25, -0.2) is 4.57 Å². The van der Waals surface area contributed by atoms with Gasteiger partial charge < -0.3 is 4.42 Å². The van der Waals surface area contributed by atoms with Crippen molar-refractivity contribution in [3.63, 3.8) is 0 Å². The molecule has 0 saturated carbocycles. The molecule has 166 valence electrons. The summed E-state index contributed by atoms with van der Waals surface area (Å²) in [6, 6.07) is 36.9. The third-order valence-corrected chi connectivity index (χ3v) is 7.23. The summed E-state index contributed by atoms with van der Waals surface area (Å²) < 4.78 is 8.80. The van der Waals surface area contributed by atoms with Gasteiger partial charge in [-0.2, -0.15) is 0 Å². The van der Waals surface area contributed by atoms with Gasteiger partial charge in [0.15, 0.2) is 6.20 Å². The zero-order chi connectivity index (χ0) is 23.5. The van der Waals surface area contributed by atoms with E-state index < -0.39 is 0 Å². The number of pyridine rings is 1. The minimum absolute atomic E-state index is 0.919. The Morgan fingerprint density at radius 1 is 0.571 bits per heavy atom. The summed E-state index contributed by atoms with van der Waals surface area (Å²) in [7, 11) is 2.08. The molecule has 5 aromatic carbocycles. The predicted octanol–water partition coefficient (Wildman–Crippen LogP) is 8.36. The number of fused-ring (bicyclic) bond motifs is 6. The van der Waals surface area contributed by atoms with Gasteiger partial charge in [0, 0.05) is 28.5 Å². The maximum absolute atomic E-state index is 6.65. The lowest BCUT2D eigenvalue weighted by atomic mass is 9.92. The Balaban J connectivity index is 1.54. The fourth-order valence-corrected chi connectivity index (χ4v) is 5.52. The third-order valence-electron chi connectivity index (χ3n) is 7.23. The monoisotopic (exact) mass is 450 g/mol. The van der Waals surface area contributed by atoms with Crippen LogP contribution in [-0.4, -0.2) is 0 Å². The number of aryl methyl sites for hydroxylation is 2. The molecule has 0 unspecified atom stereocenters. The van der Waals surface area contributed by atoms with Crippen LogP contribution in [0.1, 0.15) is 5.56 Å². The topological polar surface area (TPSA) is 17.0 Å². The second kappa shape index (κ2) is 7.54. The lowest BCUT2D eigenvalue weighted by Gasteiger charge is -2.11. The molecule has 2 nitrogen and oxygen atoms in total. The first-order chi connectivity index (χ1) is 17.2. The van der Waals surface area contributed by atoms with E-state index in [1.807, 2.05) is 0 Å².